The van der Waals surface area contributed by atoms with E-state index in [1.807, 2.05) is 30.3 Å². The van der Waals surface area contributed by atoms with E-state index in [2.05, 4.69) is 45.3 Å². The lowest BCUT2D eigenvalue weighted by Gasteiger charge is -2.38. The standard InChI is InChI=1S/C34H37N5O5/c1-38(20-22-6-4-5-7-26(22)27-12-13-30(40)36-33(27)41)23-14-16-39(17-15-23)24-10-8-21(9-11-24)32-35-28-18-25(43-2)19-29(44-3)31(28)34(42)37-32/h4-11,18-19,23,27H,12-17,20H2,1-3H3,(H,35,37,42)(H,36,40,41). The van der Waals surface area contributed by atoms with Crippen molar-refractivity contribution in [2.45, 2.75) is 44.2 Å². The van der Waals surface area contributed by atoms with Gasteiger partial charge in [-0.1, -0.05) is 24.3 Å². The average Bonchev–Trinajstić information content (AvgIpc) is 3.04. The van der Waals surface area contributed by atoms with Crippen LogP contribution in [0.1, 0.15) is 42.7 Å². The van der Waals surface area contributed by atoms with Gasteiger partial charge in [0.15, 0.2) is 0 Å². The van der Waals surface area contributed by atoms with Crippen molar-refractivity contribution in [1.29, 1.82) is 0 Å². The SMILES string of the molecule is COc1cc(OC)c2c(=O)[nH]c(-c3ccc(N4CCC(N(C)Cc5ccccc5C5CCC(=O)NC5=O)CC4)cc3)nc2c1. The second-order valence-electron chi connectivity index (χ2n) is 11.5. The van der Waals surface area contributed by atoms with Crippen LogP contribution in [0.4, 0.5) is 5.69 Å². The minimum Gasteiger partial charge on any atom is -0.497 e. The summed E-state index contributed by atoms with van der Waals surface area (Å²) in [5.41, 5.74) is 4.35. The number of rotatable bonds is 8. The van der Waals surface area contributed by atoms with E-state index < -0.39 is 0 Å². The number of aromatic amines is 1. The molecule has 3 aromatic carbocycles. The van der Waals surface area contributed by atoms with Crippen LogP contribution in [-0.4, -0.2) is 67.1 Å². The molecule has 1 unspecified atom stereocenters. The second-order valence-corrected chi connectivity index (χ2v) is 11.5. The molecule has 6 rings (SSSR count). The largest absolute Gasteiger partial charge is 0.497 e. The summed E-state index contributed by atoms with van der Waals surface area (Å²) in [6.45, 7) is 2.60. The van der Waals surface area contributed by atoms with Gasteiger partial charge in [0.25, 0.3) is 5.56 Å². The molecule has 2 N–H and O–H groups in total. The zero-order valence-electron chi connectivity index (χ0n) is 25.3. The first kappa shape index (κ1) is 29.4. The number of piperidine rings is 2. The fourth-order valence-electron chi connectivity index (χ4n) is 6.43. The second kappa shape index (κ2) is 12.5. The van der Waals surface area contributed by atoms with Gasteiger partial charge in [-0.3, -0.25) is 24.6 Å². The highest BCUT2D eigenvalue weighted by molar-refractivity contribution is 6.01. The Labute approximate surface area is 256 Å². The molecule has 0 spiro atoms. The number of benzene rings is 3. The number of H-pyrrole nitrogens is 1. The lowest BCUT2D eigenvalue weighted by atomic mass is 9.87. The van der Waals surface area contributed by atoms with Crippen LogP contribution in [0.3, 0.4) is 0 Å². The first-order valence-corrected chi connectivity index (χ1v) is 15.0. The van der Waals surface area contributed by atoms with Crippen molar-refractivity contribution < 1.29 is 19.1 Å². The van der Waals surface area contributed by atoms with Gasteiger partial charge in [0.2, 0.25) is 11.8 Å². The predicted molar refractivity (Wildman–Crippen MR) is 169 cm³/mol. The lowest BCUT2D eigenvalue weighted by Crippen LogP contribution is -2.43. The molecule has 0 bridgehead atoms. The summed E-state index contributed by atoms with van der Waals surface area (Å²) in [6, 6.07) is 20.1. The predicted octanol–water partition coefficient (Wildman–Crippen LogP) is 4.23. The highest BCUT2D eigenvalue weighted by atomic mass is 16.5. The Kier molecular flexibility index (Phi) is 8.34. The average molecular weight is 596 g/mol. The summed E-state index contributed by atoms with van der Waals surface area (Å²) in [5, 5.41) is 2.89. The van der Waals surface area contributed by atoms with E-state index in [-0.39, 0.29) is 23.3 Å². The molecule has 2 saturated heterocycles. The molecule has 1 atom stereocenters. The fraction of sp³-hybridized carbons (Fsp3) is 0.353. The molecule has 0 saturated carbocycles. The monoisotopic (exact) mass is 595 g/mol. The van der Waals surface area contributed by atoms with Crippen LogP contribution in [0.2, 0.25) is 0 Å². The van der Waals surface area contributed by atoms with E-state index >= 15 is 0 Å². The van der Waals surface area contributed by atoms with E-state index in [1.165, 1.54) is 7.11 Å². The summed E-state index contributed by atoms with van der Waals surface area (Å²) in [6.07, 6.45) is 2.96. The Hall–Kier alpha value is -4.70. The molecular weight excluding hydrogens is 558 g/mol. The smallest absolute Gasteiger partial charge is 0.262 e. The molecule has 10 nitrogen and oxygen atoms in total. The van der Waals surface area contributed by atoms with Crippen molar-refractivity contribution in [3.05, 3.63) is 82.1 Å². The number of carbonyl (C=O) groups is 2. The van der Waals surface area contributed by atoms with E-state index in [0.29, 0.717) is 47.1 Å². The third-order valence-corrected chi connectivity index (χ3v) is 8.88. The Morgan fingerprint density at radius 2 is 1.70 bits per heavy atom. The number of hydrogen-bond donors (Lipinski definition) is 2. The molecule has 2 aliphatic heterocycles. The number of nitrogens with one attached hydrogen (secondary N) is 2. The molecule has 4 aromatic rings. The minimum atomic E-state index is -0.282. The maximum atomic E-state index is 12.9. The fourth-order valence-corrected chi connectivity index (χ4v) is 6.43. The highest BCUT2D eigenvalue weighted by Crippen LogP contribution is 2.31. The Morgan fingerprint density at radius 3 is 2.41 bits per heavy atom. The summed E-state index contributed by atoms with van der Waals surface area (Å²) in [4.78, 5) is 49.5. The number of fused-ring (bicyclic) bond motifs is 1. The van der Waals surface area contributed by atoms with Crippen molar-refractivity contribution in [3.63, 3.8) is 0 Å². The summed E-state index contributed by atoms with van der Waals surface area (Å²) < 4.78 is 10.8. The van der Waals surface area contributed by atoms with Gasteiger partial charge in [0.1, 0.15) is 22.7 Å². The Bertz CT molecular complexity index is 1740. The number of hydrogen-bond acceptors (Lipinski definition) is 8. The molecule has 3 heterocycles. The number of anilines is 1. The molecule has 10 heteroatoms. The number of carbonyl (C=O) groups excluding carboxylic acids is 2. The minimum absolute atomic E-state index is 0.190. The van der Waals surface area contributed by atoms with Crippen LogP contribution >= 0.6 is 0 Å². The van der Waals surface area contributed by atoms with Gasteiger partial charge < -0.3 is 19.4 Å². The molecular formula is C34H37N5O5. The van der Waals surface area contributed by atoms with Crippen LogP contribution in [0.5, 0.6) is 11.5 Å². The molecule has 0 radical (unpaired) electrons. The number of methoxy groups -OCH3 is 2. The van der Waals surface area contributed by atoms with Gasteiger partial charge >= 0.3 is 0 Å². The normalized spacial score (nSPS) is 17.6. The Balaban J connectivity index is 1.11. The van der Waals surface area contributed by atoms with Crippen LogP contribution in [0, 0.1) is 0 Å². The molecule has 1 aromatic heterocycles. The topological polar surface area (TPSA) is 117 Å². The third-order valence-electron chi connectivity index (χ3n) is 8.88. The first-order valence-electron chi connectivity index (χ1n) is 15.0. The molecule has 2 fully saturated rings. The number of nitrogens with zero attached hydrogens (tertiary/aromatic N) is 3. The molecule has 2 aliphatic rings. The first-order chi connectivity index (χ1) is 21.3. The number of ether oxygens (including phenoxy) is 2. The molecule has 2 amide bonds. The number of imide groups is 1. The van der Waals surface area contributed by atoms with Crippen LogP contribution in [0.15, 0.2) is 65.5 Å². The van der Waals surface area contributed by atoms with Crippen LogP contribution in [0.25, 0.3) is 22.3 Å². The molecule has 0 aliphatic carbocycles. The number of aromatic nitrogens is 2. The van der Waals surface area contributed by atoms with Crippen LogP contribution in [-0.2, 0) is 16.1 Å². The van der Waals surface area contributed by atoms with E-state index in [4.69, 9.17) is 14.5 Å². The Morgan fingerprint density at radius 1 is 0.955 bits per heavy atom. The zero-order valence-corrected chi connectivity index (χ0v) is 25.3. The van der Waals surface area contributed by atoms with Crippen molar-refractivity contribution in [2.24, 2.45) is 0 Å². The van der Waals surface area contributed by atoms with Gasteiger partial charge in [-0.05, 0) is 61.7 Å². The van der Waals surface area contributed by atoms with Crippen molar-refractivity contribution in [3.8, 4) is 22.9 Å². The van der Waals surface area contributed by atoms with E-state index in [9.17, 15) is 14.4 Å². The van der Waals surface area contributed by atoms with Gasteiger partial charge in [-0.15, -0.1) is 0 Å². The van der Waals surface area contributed by atoms with Gasteiger partial charge in [-0.25, -0.2) is 4.98 Å². The van der Waals surface area contributed by atoms with Crippen molar-refractivity contribution in [1.82, 2.24) is 20.2 Å². The molecule has 44 heavy (non-hydrogen) atoms. The molecule has 228 valence electrons. The third kappa shape index (κ3) is 5.90. The summed E-state index contributed by atoms with van der Waals surface area (Å²) in [7, 11) is 5.24. The maximum Gasteiger partial charge on any atom is 0.262 e. The summed E-state index contributed by atoms with van der Waals surface area (Å²) in [5.74, 6) is 0.810. The quantitative estimate of drug-likeness (QED) is 0.291. The van der Waals surface area contributed by atoms with Crippen LogP contribution < -0.4 is 25.2 Å². The van der Waals surface area contributed by atoms with E-state index in [0.717, 1.165) is 54.9 Å². The summed E-state index contributed by atoms with van der Waals surface area (Å²) >= 11 is 0. The van der Waals surface area contributed by atoms with Gasteiger partial charge in [0, 0.05) is 55.5 Å². The zero-order chi connectivity index (χ0) is 30.8. The number of amides is 2. The maximum absolute atomic E-state index is 12.9. The van der Waals surface area contributed by atoms with Gasteiger partial charge in [0.05, 0.1) is 25.7 Å². The lowest BCUT2D eigenvalue weighted by molar-refractivity contribution is -0.134. The highest BCUT2D eigenvalue weighted by Gasteiger charge is 2.30. The van der Waals surface area contributed by atoms with Gasteiger partial charge in [-0.2, -0.15) is 0 Å². The van der Waals surface area contributed by atoms with Crippen molar-refractivity contribution >= 4 is 28.4 Å². The van der Waals surface area contributed by atoms with Crippen molar-refractivity contribution in [2.75, 3.05) is 39.3 Å². The van der Waals surface area contributed by atoms with E-state index in [1.54, 1.807) is 19.2 Å².